The summed E-state index contributed by atoms with van der Waals surface area (Å²) in [4.78, 5) is 12.3. The Balaban J connectivity index is 2.69. The molecule has 0 radical (unpaired) electrons. The molecular weight excluding hydrogens is 291 g/mol. The lowest BCUT2D eigenvalue weighted by Crippen LogP contribution is -2.20. The summed E-state index contributed by atoms with van der Waals surface area (Å²) < 4.78 is 1.30. The number of hydrogen-bond acceptors (Lipinski definition) is 3. The first-order chi connectivity index (χ1) is 9.00. The van der Waals surface area contributed by atoms with Gasteiger partial charge in [0.2, 0.25) is 0 Å². The Morgan fingerprint density at radius 1 is 1.11 bits per heavy atom. The van der Waals surface area contributed by atoms with Crippen molar-refractivity contribution in [1.82, 2.24) is 4.73 Å². The molecule has 5 nitrogen and oxygen atoms in total. The zero-order chi connectivity index (χ0) is 13.7. The van der Waals surface area contributed by atoms with Crippen LogP contribution < -0.4 is 4.43 Å². The Labute approximate surface area is 116 Å². The summed E-state index contributed by atoms with van der Waals surface area (Å²) >= 11 is 11.7. The highest BCUT2D eigenvalue weighted by Gasteiger charge is 2.22. The molecule has 0 aliphatic rings. The lowest BCUT2D eigenvalue weighted by atomic mass is 10.2. The number of rotatable bonds is 0. The van der Waals surface area contributed by atoms with Crippen molar-refractivity contribution in [2.75, 3.05) is 0 Å². The predicted octanol–water partition coefficient (Wildman–Crippen LogP) is 2.96. The van der Waals surface area contributed by atoms with Crippen LogP contribution in [-0.2, 0) is 0 Å². The first-order valence-electron chi connectivity index (χ1n) is 5.28. The fourth-order valence-corrected chi connectivity index (χ4v) is 2.32. The quantitative estimate of drug-likeness (QED) is 0.381. The second kappa shape index (κ2) is 4.01. The number of aromatic hydroxyl groups is 1. The van der Waals surface area contributed by atoms with Crippen molar-refractivity contribution in [1.29, 1.82) is 0 Å². The molecule has 3 aromatic rings. The minimum Gasteiger partial charge on any atom is -0.502 e. The topological polar surface area (TPSA) is 68.4 Å². The van der Waals surface area contributed by atoms with E-state index in [1.807, 2.05) is 0 Å². The number of benzene rings is 2. The van der Waals surface area contributed by atoms with Crippen LogP contribution in [0.1, 0.15) is 0 Å². The summed E-state index contributed by atoms with van der Waals surface area (Å²) in [6.45, 7) is 0. The minimum absolute atomic E-state index is 0.0455. The standard InChI is InChI=1S/C12H6Cl2N2O3/c13-6-4-9-10(5-7(6)14)16(19)12-8(15(9)18)2-1-3-11(12)17/h1-5,18H/p+1. The number of halogens is 2. The third-order valence-electron chi connectivity index (χ3n) is 2.89. The van der Waals surface area contributed by atoms with E-state index in [1.165, 1.54) is 30.3 Å². The van der Waals surface area contributed by atoms with Crippen molar-refractivity contribution in [3.63, 3.8) is 0 Å². The van der Waals surface area contributed by atoms with Gasteiger partial charge in [-0.25, -0.2) is 0 Å². The van der Waals surface area contributed by atoms with Crippen molar-refractivity contribution < 1.29 is 14.7 Å². The van der Waals surface area contributed by atoms with Crippen LogP contribution >= 0.6 is 23.2 Å². The van der Waals surface area contributed by atoms with Gasteiger partial charge >= 0.3 is 5.52 Å². The van der Waals surface area contributed by atoms with Crippen LogP contribution in [0, 0.1) is 4.91 Å². The van der Waals surface area contributed by atoms with Gasteiger partial charge in [0.1, 0.15) is 0 Å². The maximum Gasteiger partial charge on any atom is 0.331 e. The second-order valence-electron chi connectivity index (χ2n) is 4.01. The Hall–Kier alpha value is -1.98. The van der Waals surface area contributed by atoms with Crippen LogP contribution in [0.25, 0.3) is 22.1 Å². The number of phenolic OH excluding ortho intramolecular Hbond substituents is 1. The summed E-state index contributed by atoms with van der Waals surface area (Å²) in [7, 11) is 0. The fraction of sp³-hybridized carbons (Fsp3) is 0. The van der Waals surface area contributed by atoms with E-state index in [4.69, 9.17) is 23.2 Å². The van der Waals surface area contributed by atoms with E-state index < -0.39 is 0 Å². The molecule has 2 aromatic carbocycles. The van der Waals surface area contributed by atoms with E-state index in [1.54, 1.807) is 0 Å². The van der Waals surface area contributed by atoms with E-state index in [9.17, 15) is 15.2 Å². The van der Waals surface area contributed by atoms with Gasteiger partial charge in [-0.1, -0.05) is 29.3 Å². The second-order valence-corrected chi connectivity index (χ2v) is 4.82. The van der Waals surface area contributed by atoms with Gasteiger partial charge in [0.05, 0.1) is 14.5 Å². The normalized spacial score (nSPS) is 11.3. The van der Waals surface area contributed by atoms with E-state index in [0.29, 0.717) is 4.43 Å². The van der Waals surface area contributed by atoms with Gasteiger partial charge < -0.3 is 10.3 Å². The first kappa shape index (κ1) is 12.1. The van der Waals surface area contributed by atoms with E-state index >= 15 is 0 Å². The van der Waals surface area contributed by atoms with Crippen LogP contribution in [0.4, 0.5) is 0 Å². The maximum absolute atomic E-state index is 12.3. The summed E-state index contributed by atoms with van der Waals surface area (Å²) in [6, 6.07) is 7.11. The number of para-hydroxylation sites is 1. The molecule has 1 aromatic heterocycles. The Bertz CT molecular complexity index is 890. The number of aromatic nitrogens is 2. The largest absolute Gasteiger partial charge is 0.502 e. The molecule has 0 atom stereocenters. The average molecular weight is 298 g/mol. The summed E-state index contributed by atoms with van der Waals surface area (Å²) in [5.41, 5.74) is 0.421. The molecule has 1 heterocycles. The molecule has 96 valence electrons. The minimum atomic E-state index is -0.233. The van der Waals surface area contributed by atoms with Gasteiger partial charge in [0, 0.05) is 11.0 Å². The highest BCUT2D eigenvalue weighted by molar-refractivity contribution is 6.42. The molecule has 3 rings (SSSR count). The summed E-state index contributed by atoms with van der Waals surface area (Å²) in [5.74, 6) is -0.233. The van der Waals surface area contributed by atoms with Crippen molar-refractivity contribution in [2.24, 2.45) is 0 Å². The zero-order valence-corrected chi connectivity index (χ0v) is 10.9. The smallest absolute Gasteiger partial charge is 0.331 e. The van der Waals surface area contributed by atoms with Crippen molar-refractivity contribution in [2.45, 2.75) is 0 Å². The van der Waals surface area contributed by atoms with E-state index in [0.717, 1.165) is 4.73 Å². The van der Waals surface area contributed by atoms with E-state index in [2.05, 4.69) is 0 Å². The lowest BCUT2D eigenvalue weighted by Gasteiger charge is -2.04. The maximum atomic E-state index is 12.3. The van der Waals surface area contributed by atoms with Crippen LogP contribution in [-0.4, -0.2) is 15.0 Å². The average Bonchev–Trinajstić information content (AvgIpc) is 2.38. The number of nitrogens with zero attached hydrogens (tertiary/aromatic N) is 2. The van der Waals surface area contributed by atoms with Gasteiger partial charge in [0.15, 0.2) is 16.8 Å². The molecule has 0 saturated carbocycles. The fourth-order valence-electron chi connectivity index (χ4n) is 2.01. The van der Waals surface area contributed by atoms with Gasteiger partial charge in [-0.15, -0.1) is 0 Å². The van der Waals surface area contributed by atoms with Gasteiger partial charge in [0.25, 0.3) is 5.52 Å². The third kappa shape index (κ3) is 1.63. The summed E-state index contributed by atoms with van der Waals surface area (Å²) in [5, 5.41) is 20.3. The molecule has 0 fully saturated rings. The van der Waals surface area contributed by atoms with Crippen LogP contribution in [0.5, 0.6) is 5.75 Å². The molecule has 0 aliphatic carbocycles. The van der Waals surface area contributed by atoms with Crippen LogP contribution in [0.3, 0.4) is 0 Å². The molecule has 19 heavy (non-hydrogen) atoms. The number of fused-ring (bicyclic) bond motifs is 2. The Morgan fingerprint density at radius 3 is 2.53 bits per heavy atom. The van der Waals surface area contributed by atoms with Gasteiger partial charge in [-0.3, -0.25) is 0 Å². The molecule has 0 spiro atoms. The molecule has 0 saturated heterocycles. The Morgan fingerprint density at radius 2 is 1.79 bits per heavy atom. The molecule has 0 aliphatic heterocycles. The van der Waals surface area contributed by atoms with E-state index in [-0.39, 0.29) is 37.9 Å². The molecule has 0 bridgehead atoms. The zero-order valence-electron chi connectivity index (χ0n) is 9.34. The van der Waals surface area contributed by atoms with Gasteiger partial charge in [-0.05, 0) is 18.2 Å². The molecule has 0 unspecified atom stereocenters. The third-order valence-corrected chi connectivity index (χ3v) is 3.61. The van der Waals surface area contributed by atoms with Crippen molar-refractivity contribution >= 4 is 45.3 Å². The van der Waals surface area contributed by atoms with Crippen molar-refractivity contribution in [3.05, 3.63) is 45.3 Å². The molecular formula is C12H7Cl2N2O3+. The SMILES string of the molecule is O=[n+]1c2cc(Cl)c(Cl)cc2n(O)c2cccc(O)c21. The molecule has 0 amide bonds. The van der Waals surface area contributed by atoms with Gasteiger partial charge in [-0.2, -0.15) is 4.73 Å². The molecule has 7 heteroatoms. The van der Waals surface area contributed by atoms with Crippen molar-refractivity contribution in [3.8, 4) is 5.75 Å². The summed E-state index contributed by atoms with van der Waals surface area (Å²) in [6.07, 6.45) is 0. The number of hydrogen-bond donors (Lipinski definition) is 2. The first-order valence-corrected chi connectivity index (χ1v) is 6.03. The molecule has 2 N–H and O–H groups in total. The van der Waals surface area contributed by atoms with Crippen LogP contribution in [0.2, 0.25) is 10.0 Å². The monoisotopic (exact) mass is 297 g/mol. The van der Waals surface area contributed by atoms with Crippen LogP contribution in [0.15, 0.2) is 30.3 Å². The highest BCUT2D eigenvalue weighted by atomic mass is 35.5. The predicted molar refractivity (Wildman–Crippen MR) is 71.7 cm³/mol. The highest BCUT2D eigenvalue weighted by Crippen LogP contribution is 2.29. The number of phenols is 1. The lowest BCUT2D eigenvalue weighted by molar-refractivity contribution is -0.433. The Kier molecular flexibility index (Phi) is 2.55.